The number of unbranched alkanes of at least 4 members (excludes halogenated alkanes) is 1. The van der Waals surface area contributed by atoms with Crippen molar-refractivity contribution in [1.29, 1.82) is 0 Å². The fourth-order valence-corrected chi connectivity index (χ4v) is 2.61. The molecule has 0 N–H and O–H groups in total. The van der Waals surface area contributed by atoms with Crippen LogP contribution in [-0.2, 0) is 9.84 Å². The summed E-state index contributed by atoms with van der Waals surface area (Å²) >= 11 is 0. The lowest BCUT2D eigenvalue weighted by atomic mass is 9.96. The van der Waals surface area contributed by atoms with Gasteiger partial charge in [0, 0.05) is 5.57 Å². The van der Waals surface area contributed by atoms with Crippen LogP contribution in [0.1, 0.15) is 44.2 Å². The maximum Gasteiger partial charge on any atom is 0.329 e. The summed E-state index contributed by atoms with van der Waals surface area (Å²) in [5.74, 6) is -0.173. The summed E-state index contributed by atoms with van der Waals surface area (Å²) < 4.78 is 5.03. The highest BCUT2D eigenvalue weighted by atomic mass is 16.6. The van der Waals surface area contributed by atoms with Crippen molar-refractivity contribution in [3.8, 4) is 0 Å². The third-order valence-electron chi connectivity index (χ3n) is 3.90. The molecule has 0 aliphatic rings. The van der Waals surface area contributed by atoms with E-state index in [1.54, 1.807) is 0 Å². The number of hydrogen-bond donors (Lipinski definition) is 0. The van der Waals surface area contributed by atoms with Gasteiger partial charge >= 0.3 is 5.95 Å². The average Bonchev–Trinajstić information content (AvgIpc) is 2.63. The molecule has 0 heterocycles. The highest BCUT2D eigenvalue weighted by molar-refractivity contribution is 5.79. The summed E-state index contributed by atoms with van der Waals surface area (Å²) in [6.45, 7) is 4.12. The molecule has 0 aliphatic carbocycles. The normalized spacial score (nSPS) is 11.6. The maximum absolute atomic E-state index is 11.6. The van der Waals surface area contributed by atoms with Crippen LogP contribution in [0.4, 0.5) is 0 Å². The summed E-state index contributed by atoms with van der Waals surface area (Å²) in [7, 11) is 0. The zero-order valence-corrected chi connectivity index (χ0v) is 14.5. The second-order valence-electron chi connectivity index (χ2n) is 5.74. The summed E-state index contributed by atoms with van der Waals surface area (Å²) in [5, 5.41) is 11.6. The van der Waals surface area contributed by atoms with Crippen molar-refractivity contribution in [1.82, 2.24) is 0 Å². The number of rotatable bonds is 8. The van der Waals surface area contributed by atoms with E-state index in [1.807, 2.05) is 26.0 Å². The Morgan fingerprint density at radius 3 is 2.00 bits per heavy atom. The van der Waals surface area contributed by atoms with E-state index in [4.69, 9.17) is 4.74 Å². The van der Waals surface area contributed by atoms with E-state index in [0.717, 1.165) is 24.8 Å². The van der Waals surface area contributed by atoms with E-state index in [-0.39, 0.29) is 5.95 Å². The topological polar surface area (TPSA) is 29.1 Å². The molecule has 0 saturated heterocycles. The number of ether oxygens (including phenoxy) is 1. The lowest BCUT2D eigenvalue weighted by Gasteiger charge is -2.09. The quantitative estimate of drug-likeness (QED) is 0.434. The molecule has 0 amide bonds. The molecule has 0 saturated carbocycles. The first-order valence-electron chi connectivity index (χ1n) is 8.53. The molecule has 24 heavy (non-hydrogen) atoms. The van der Waals surface area contributed by atoms with Crippen LogP contribution >= 0.6 is 0 Å². The molecular weight excluding hydrogens is 296 g/mol. The van der Waals surface area contributed by atoms with E-state index in [2.05, 4.69) is 54.6 Å². The fourth-order valence-electron chi connectivity index (χ4n) is 2.61. The Hall–Kier alpha value is -2.48. The van der Waals surface area contributed by atoms with Gasteiger partial charge in [0.25, 0.3) is 0 Å². The highest BCUT2D eigenvalue weighted by Gasteiger charge is 2.05. The first-order valence-corrected chi connectivity index (χ1v) is 8.53. The predicted molar refractivity (Wildman–Crippen MR) is 98.8 cm³/mol. The second-order valence-corrected chi connectivity index (χ2v) is 5.74. The second kappa shape index (κ2) is 9.61. The van der Waals surface area contributed by atoms with Crippen LogP contribution in [0.15, 0.2) is 78.3 Å². The van der Waals surface area contributed by atoms with E-state index in [1.165, 1.54) is 16.7 Å². The van der Waals surface area contributed by atoms with Gasteiger partial charge < -0.3 is 4.74 Å². The van der Waals surface area contributed by atoms with Crippen LogP contribution < -0.4 is 0 Å². The number of benzene rings is 2. The van der Waals surface area contributed by atoms with Gasteiger partial charge in [-0.15, -0.1) is 0 Å². The van der Waals surface area contributed by atoms with Crippen molar-refractivity contribution >= 4 is 5.57 Å². The number of hydrogen-bond acceptors (Lipinski definition) is 1. The molecular formula is C22H25O2. The smallest absolute Gasteiger partial charge is 0.329 e. The molecule has 2 nitrogen and oxygen atoms in total. The van der Waals surface area contributed by atoms with Crippen molar-refractivity contribution in [3.05, 3.63) is 89.4 Å². The molecule has 125 valence electrons. The Labute approximate surface area is 145 Å². The molecule has 2 heteroatoms. The third kappa shape index (κ3) is 5.31. The molecule has 0 atom stereocenters. The molecule has 0 fully saturated rings. The predicted octanol–water partition coefficient (Wildman–Crippen LogP) is 5.99. The standard InChI is InChI=1S/C22H25O2/c1-3-24-22(23)18(2)12-10-11-17-21(19-13-6-4-7-14-19)20-15-8-5-9-16-20/h4-9,13-17H,3,10-12H2,1-2H3. The van der Waals surface area contributed by atoms with Crippen LogP contribution in [0.5, 0.6) is 0 Å². The SMILES string of the molecule is CCOC([O])=C(C)CCCC=C(c1ccccc1)c1ccccc1. The average molecular weight is 321 g/mol. The summed E-state index contributed by atoms with van der Waals surface area (Å²) in [5.41, 5.74) is 4.47. The first kappa shape index (κ1) is 17.9. The van der Waals surface area contributed by atoms with Gasteiger partial charge in [-0.05, 0) is 49.8 Å². The monoisotopic (exact) mass is 321 g/mol. The Balaban J connectivity index is 2.09. The maximum atomic E-state index is 11.6. The van der Waals surface area contributed by atoms with E-state index in [0.29, 0.717) is 6.61 Å². The van der Waals surface area contributed by atoms with Gasteiger partial charge in [0.05, 0.1) is 6.61 Å². The molecule has 2 rings (SSSR count). The van der Waals surface area contributed by atoms with Crippen molar-refractivity contribution in [2.45, 2.75) is 33.1 Å². The van der Waals surface area contributed by atoms with Gasteiger partial charge in [-0.2, -0.15) is 0 Å². The van der Waals surface area contributed by atoms with Crippen LogP contribution in [0.3, 0.4) is 0 Å². The molecule has 0 aromatic heterocycles. The minimum Gasteiger partial charge on any atom is -0.463 e. The van der Waals surface area contributed by atoms with E-state index >= 15 is 0 Å². The number of allylic oxidation sites excluding steroid dienone is 2. The largest absolute Gasteiger partial charge is 0.463 e. The van der Waals surface area contributed by atoms with Crippen molar-refractivity contribution in [3.63, 3.8) is 0 Å². The Morgan fingerprint density at radius 2 is 1.50 bits per heavy atom. The van der Waals surface area contributed by atoms with Crippen molar-refractivity contribution < 1.29 is 9.84 Å². The zero-order chi connectivity index (χ0) is 17.2. The van der Waals surface area contributed by atoms with Crippen LogP contribution in [0.2, 0.25) is 0 Å². The van der Waals surface area contributed by atoms with Gasteiger partial charge in [-0.25, -0.2) is 5.11 Å². The molecule has 2 aromatic carbocycles. The van der Waals surface area contributed by atoms with E-state index < -0.39 is 0 Å². The van der Waals surface area contributed by atoms with Crippen LogP contribution in [0, 0.1) is 0 Å². The van der Waals surface area contributed by atoms with Crippen LogP contribution in [-0.4, -0.2) is 6.61 Å². The van der Waals surface area contributed by atoms with E-state index in [9.17, 15) is 5.11 Å². The van der Waals surface area contributed by atoms with Gasteiger partial charge in [0.2, 0.25) is 0 Å². The minimum absolute atomic E-state index is 0.173. The van der Waals surface area contributed by atoms with Crippen molar-refractivity contribution in [2.75, 3.05) is 6.61 Å². The Bertz CT molecular complexity index is 628. The molecule has 0 aliphatic heterocycles. The van der Waals surface area contributed by atoms with Gasteiger partial charge in [0.1, 0.15) is 0 Å². The summed E-state index contributed by atoms with van der Waals surface area (Å²) in [6, 6.07) is 20.8. The van der Waals surface area contributed by atoms with Gasteiger partial charge in [-0.1, -0.05) is 66.7 Å². The lowest BCUT2D eigenvalue weighted by molar-refractivity contribution is 0.0547. The van der Waals surface area contributed by atoms with Gasteiger partial charge in [-0.3, -0.25) is 0 Å². The molecule has 1 radical (unpaired) electrons. The van der Waals surface area contributed by atoms with Crippen molar-refractivity contribution in [2.24, 2.45) is 0 Å². The Kier molecular flexibility index (Phi) is 7.16. The molecule has 0 bridgehead atoms. The molecule has 2 aromatic rings. The van der Waals surface area contributed by atoms with Crippen LogP contribution in [0.25, 0.3) is 5.57 Å². The summed E-state index contributed by atoms with van der Waals surface area (Å²) in [4.78, 5) is 0. The Morgan fingerprint density at radius 1 is 0.958 bits per heavy atom. The zero-order valence-electron chi connectivity index (χ0n) is 14.5. The third-order valence-corrected chi connectivity index (χ3v) is 3.90. The highest BCUT2D eigenvalue weighted by Crippen LogP contribution is 2.24. The lowest BCUT2D eigenvalue weighted by Crippen LogP contribution is -1.93. The molecule has 0 spiro atoms. The first-order chi connectivity index (χ1) is 11.7. The minimum atomic E-state index is -0.173. The fraction of sp³-hybridized carbons (Fsp3) is 0.273. The summed E-state index contributed by atoms with van der Waals surface area (Å²) in [6.07, 6.45) is 4.90. The molecule has 0 unspecified atom stereocenters. The van der Waals surface area contributed by atoms with Gasteiger partial charge in [0.15, 0.2) is 0 Å².